The first-order valence-electron chi connectivity index (χ1n) is 11.6. The molecule has 1 aromatic heterocycles. The van der Waals surface area contributed by atoms with Gasteiger partial charge in [0.15, 0.2) is 0 Å². The largest absolute Gasteiger partial charge is 0.489 e. The molecule has 1 aliphatic heterocycles. The predicted octanol–water partition coefficient (Wildman–Crippen LogP) is 6.56. The van der Waals surface area contributed by atoms with Crippen molar-refractivity contribution in [1.82, 2.24) is 9.88 Å². The molecular formula is C29H23ClFN3O3. The van der Waals surface area contributed by atoms with Gasteiger partial charge in [-0.25, -0.2) is 14.1 Å². The summed E-state index contributed by atoms with van der Waals surface area (Å²) in [6.07, 6.45) is 1.68. The Morgan fingerprint density at radius 2 is 1.62 bits per heavy atom. The molecule has 0 aliphatic carbocycles. The highest BCUT2D eigenvalue weighted by atomic mass is 35.5. The van der Waals surface area contributed by atoms with E-state index < -0.39 is 11.9 Å². The normalized spacial score (nSPS) is 14.4. The van der Waals surface area contributed by atoms with Crippen LogP contribution < -0.4 is 15.0 Å². The molecule has 186 valence electrons. The number of nitrogens with one attached hydrogen (secondary N) is 1. The third-order valence-electron chi connectivity index (χ3n) is 6.18. The van der Waals surface area contributed by atoms with Crippen LogP contribution in [0.4, 0.5) is 14.9 Å². The van der Waals surface area contributed by atoms with E-state index in [4.69, 9.17) is 16.3 Å². The van der Waals surface area contributed by atoms with E-state index >= 15 is 0 Å². The molecule has 1 N–H and O–H groups in total. The molecule has 0 unspecified atom stereocenters. The fourth-order valence-electron chi connectivity index (χ4n) is 4.31. The van der Waals surface area contributed by atoms with E-state index in [0.29, 0.717) is 22.0 Å². The number of halogens is 2. The smallest absolute Gasteiger partial charge is 0.333 e. The van der Waals surface area contributed by atoms with Crippen molar-refractivity contribution in [3.8, 4) is 11.4 Å². The average Bonchev–Trinajstić information content (AvgIpc) is 3.32. The van der Waals surface area contributed by atoms with Crippen LogP contribution in [0.1, 0.15) is 22.5 Å². The first-order chi connectivity index (χ1) is 17.8. The molecule has 3 aromatic carbocycles. The fourth-order valence-corrected chi connectivity index (χ4v) is 4.44. The standard InChI is InChI=1S/C29H23ClFN3O3/c1-18-15-21(16-27-28(35)34(29(36)32-27)24-9-7-22(30)8-10-24)19(2)33(18)23-11-13-25(14-12-23)37-17-20-5-3-4-6-26(20)31/h3-16H,17H2,1-2H3,(H,32,36)/b27-16+. The van der Waals surface area contributed by atoms with Crippen LogP contribution in [0.2, 0.25) is 5.02 Å². The van der Waals surface area contributed by atoms with Gasteiger partial charge in [-0.05, 0) is 86.2 Å². The Bertz CT molecular complexity index is 1530. The van der Waals surface area contributed by atoms with E-state index in [1.807, 2.05) is 48.7 Å². The zero-order valence-corrected chi connectivity index (χ0v) is 20.9. The number of ether oxygens (including phenoxy) is 1. The van der Waals surface area contributed by atoms with Crippen LogP contribution in [-0.4, -0.2) is 16.5 Å². The van der Waals surface area contributed by atoms with Crippen molar-refractivity contribution in [3.05, 3.63) is 118 Å². The lowest BCUT2D eigenvalue weighted by molar-refractivity contribution is -0.113. The minimum atomic E-state index is -0.515. The highest BCUT2D eigenvalue weighted by Crippen LogP contribution is 2.27. The van der Waals surface area contributed by atoms with E-state index in [-0.39, 0.29) is 18.1 Å². The van der Waals surface area contributed by atoms with Crippen LogP contribution in [0.5, 0.6) is 5.75 Å². The summed E-state index contributed by atoms with van der Waals surface area (Å²) in [6, 6.07) is 22.0. The van der Waals surface area contributed by atoms with Gasteiger partial charge < -0.3 is 14.6 Å². The van der Waals surface area contributed by atoms with E-state index in [1.165, 1.54) is 6.07 Å². The van der Waals surface area contributed by atoms with Crippen LogP contribution in [0.25, 0.3) is 11.8 Å². The summed E-state index contributed by atoms with van der Waals surface area (Å²) >= 11 is 5.93. The van der Waals surface area contributed by atoms with Crippen molar-refractivity contribution >= 4 is 35.3 Å². The molecular weight excluding hydrogens is 493 g/mol. The Balaban J connectivity index is 1.35. The lowest BCUT2D eigenvalue weighted by Crippen LogP contribution is -2.30. The van der Waals surface area contributed by atoms with Crippen LogP contribution in [-0.2, 0) is 11.4 Å². The molecule has 0 atom stereocenters. The van der Waals surface area contributed by atoms with Gasteiger partial charge in [-0.1, -0.05) is 29.8 Å². The van der Waals surface area contributed by atoms with E-state index in [2.05, 4.69) is 5.32 Å². The summed E-state index contributed by atoms with van der Waals surface area (Å²) in [6.45, 7) is 4.05. The Morgan fingerprint density at radius 3 is 2.32 bits per heavy atom. The van der Waals surface area contributed by atoms with Crippen LogP contribution in [0, 0.1) is 19.7 Å². The zero-order chi connectivity index (χ0) is 26.1. The summed E-state index contributed by atoms with van der Waals surface area (Å²) in [5.74, 6) is -0.112. The molecule has 1 aliphatic rings. The van der Waals surface area contributed by atoms with Gasteiger partial charge in [0, 0.05) is 27.7 Å². The van der Waals surface area contributed by atoms with Gasteiger partial charge in [0.1, 0.15) is 23.9 Å². The monoisotopic (exact) mass is 515 g/mol. The summed E-state index contributed by atoms with van der Waals surface area (Å²) < 4.78 is 21.6. The van der Waals surface area contributed by atoms with Gasteiger partial charge in [-0.3, -0.25) is 4.79 Å². The van der Waals surface area contributed by atoms with Crippen molar-refractivity contribution in [2.45, 2.75) is 20.5 Å². The van der Waals surface area contributed by atoms with Gasteiger partial charge >= 0.3 is 6.03 Å². The summed E-state index contributed by atoms with van der Waals surface area (Å²) in [4.78, 5) is 26.6. The third kappa shape index (κ3) is 4.86. The number of carbonyl (C=O) groups excluding carboxylic acids is 2. The van der Waals surface area contributed by atoms with Gasteiger partial charge in [0.05, 0.1) is 5.69 Å². The minimum absolute atomic E-state index is 0.137. The number of rotatable bonds is 6. The summed E-state index contributed by atoms with van der Waals surface area (Å²) in [5.41, 5.74) is 4.69. The molecule has 5 rings (SSSR count). The number of carbonyl (C=O) groups is 2. The summed E-state index contributed by atoms with van der Waals surface area (Å²) in [7, 11) is 0. The average molecular weight is 516 g/mol. The number of imide groups is 1. The molecule has 1 fully saturated rings. The maximum absolute atomic E-state index is 13.8. The number of urea groups is 1. The van der Waals surface area contributed by atoms with Crippen LogP contribution in [0.15, 0.2) is 84.6 Å². The topological polar surface area (TPSA) is 63.6 Å². The molecule has 1 saturated heterocycles. The molecule has 6 nitrogen and oxygen atoms in total. The molecule has 0 saturated carbocycles. The van der Waals surface area contributed by atoms with E-state index in [9.17, 15) is 14.0 Å². The Hall–Kier alpha value is -4.36. The third-order valence-corrected chi connectivity index (χ3v) is 6.43. The van der Waals surface area contributed by atoms with Crippen LogP contribution >= 0.6 is 11.6 Å². The second-order valence-corrected chi connectivity index (χ2v) is 9.08. The van der Waals surface area contributed by atoms with Crippen molar-refractivity contribution in [1.29, 1.82) is 0 Å². The molecule has 8 heteroatoms. The first kappa shape index (κ1) is 24.3. The summed E-state index contributed by atoms with van der Waals surface area (Å²) in [5, 5.41) is 3.18. The quantitative estimate of drug-likeness (QED) is 0.233. The number of hydrogen-bond acceptors (Lipinski definition) is 3. The van der Waals surface area contributed by atoms with Crippen LogP contribution in [0.3, 0.4) is 0 Å². The fraction of sp³-hybridized carbons (Fsp3) is 0.103. The highest BCUT2D eigenvalue weighted by Gasteiger charge is 2.35. The SMILES string of the molecule is Cc1cc(/C=C2/NC(=O)N(c3ccc(Cl)cc3)C2=O)c(C)n1-c1ccc(OCc2ccccc2F)cc1. The second-order valence-electron chi connectivity index (χ2n) is 8.64. The number of benzene rings is 3. The Morgan fingerprint density at radius 1 is 0.946 bits per heavy atom. The zero-order valence-electron chi connectivity index (χ0n) is 20.2. The molecule has 2 heterocycles. The molecule has 0 bridgehead atoms. The van der Waals surface area contributed by atoms with E-state index in [0.717, 1.165) is 27.5 Å². The minimum Gasteiger partial charge on any atom is -0.489 e. The molecule has 4 aromatic rings. The van der Waals surface area contributed by atoms with Gasteiger partial charge in [-0.15, -0.1) is 0 Å². The van der Waals surface area contributed by atoms with Crippen molar-refractivity contribution in [2.75, 3.05) is 4.90 Å². The number of aromatic nitrogens is 1. The van der Waals surface area contributed by atoms with Gasteiger partial charge in [-0.2, -0.15) is 0 Å². The molecule has 37 heavy (non-hydrogen) atoms. The molecule has 0 radical (unpaired) electrons. The lowest BCUT2D eigenvalue weighted by Gasteiger charge is -2.12. The van der Waals surface area contributed by atoms with Crippen molar-refractivity contribution in [3.63, 3.8) is 0 Å². The highest BCUT2D eigenvalue weighted by molar-refractivity contribution is 6.31. The second kappa shape index (κ2) is 9.95. The maximum Gasteiger partial charge on any atom is 0.333 e. The van der Waals surface area contributed by atoms with Crippen molar-refractivity contribution < 1.29 is 18.7 Å². The number of aryl methyl sites for hydroxylation is 1. The first-order valence-corrected chi connectivity index (χ1v) is 12.0. The number of amides is 3. The number of anilines is 1. The Labute approximate surface area is 218 Å². The molecule has 0 spiro atoms. The Kier molecular flexibility index (Phi) is 6.54. The molecule has 3 amide bonds. The predicted molar refractivity (Wildman–Crippen MR) is 141 cm³/mol. The van der Waals surface area contributed by atoms with Gasteiger partial charge in [0.2, 0.25) is 0 Å². The lowest BCUT2D eigenvalue weighted by atomic mass is 10.2. The number of nitrogens with zero attached hydrogens (tertiary/aromatic N) is 2. The van der Waals surface area contributed by atoms with E-state index in [1.54, 1.807) is 48.5 Å². The van der Waals surface area contributed by atoms with Gasteiger partial charge in [0.25, 0.3) is 5.91 Å². The van der Waals surface area contributed by atoms with Crippen molar-refractivity contribution in [2.24, 2.45) is 0 Å². The maximum atomic E-state index is 13.8. The number of hydrogen-bond donors (Lipinski definition) is 1.